The summed E-state index contributed by atoms with van der Waals surface area (Å²) in [7, 11) is 0. The van der Waals surface area contributed by atoms with Gasteiger partial charge in [-0.1, -0.05) is 22.0 Å². The van der Waals surface area contributed by atoms with E-state index in [4.69, 9.17) is 5.11 Å². The van der Waals surface area contributed by atoms with Crippen LogP contribution in [0.15, 0.2) is 22.7 Å². The van der Waals surface area contributed by atoms with E-state index in [2.05, 4.69) is 15.9 Å². The van der Waals surface area contributed by atoms with Gasteiger partial charge in [-0.2, -0.15) is 0 Å². The molecule has 0 aliphatic carbocycles. The van der Waals surface area contributed by atoms with Gasteiger partial charge in [0.25, 0.3) is 5.91 Å². The minimum atomic E-state index is -0.847. The van der Waals surface area contributed by atoms with Crippen molar-refractivity contribution < 1.29 is 14.7 Å². The van der Waals surface area contributed by atoms with Gasteiger partial charge in [0, 0.05) is 22.6 Å². The van der Waals surface area contributed by atoms with Crippen LogP contribution >= 0.6 is 15.9 Å². The molecule has 0 bridgehead atoms. The Morgan fingerprint density at radius 3 is 2.80 bits per heavy atom. The minimum absolute atomic E-state index is 0.0266. The lowest BCUT2D eigenvalue weighted by Crippen LogP contribution is -2.44. The van der Waals surface area contributed by atoms with Crippen molar-refractivity contribution in [2.24, 2.45) is 0 Å². The van der Waals surface area contributed by atoms with E-state index in [1.807, 2.05) is 19.1 Å². The van der Waals surface area contributed by atoms with Crippen LogP contribution in [0.5, 0.6) is 0 Å². The highest BCUT2D eigenvalue weighted by Gasteiger charge is 2.29. The molecule has 1 aliphatic rings. The lowest BCUT2D eigenvalue weighted by Gasteiger charge is -2.35. The second-order valence-corrected chi connectivity index (χ2v) is 6.06. The Balaban J connectivity index is 2.20. The van der Waals surface area contributed by atoms with Crippen LogP contribution in [0.4, 0.5) is 0 Å². The van der Waals surface area contributed by atoms with E-state index >= 15 is 0 Å². The minimum Gasteiger partial charge on any atom is -0.481 e. The lowest BCUT2D eigenvalue weighted by atomic mass is 9.98. The summed E-state index contributed by atoms with van der Waals surface area (Å²) in [6.07, 6.45) is 2.72. The van der Waals surface area contributed by atoms with Crippen LogP contribution in [0.1, 0.15) is 41.6 Å². The summed E-state index contributed by atoms with van der Waals surface area (Å²) in [5.41, 5.74) is 1.68. The molecule has 1 fully saturated rings. The number of nitrogens with zero attached hydrogens (tertiary/aromatic N) is 1. The zero-order valence-electron chi connectivity index (χ0n) is 11.4. The van der Waals surface area contributed by atoms with Crippen molar-refractivity contribution >= 4 is 27.8 Å². The monoisotopic (exact) mass is 339 g/mol. The van der Waals surface area contributed by atoms with Crippen LogP contribution in [0, 0.1) is 6.92 Å². The van der Waals surface area contributed by atoms with E-state index in [-0.39, 0.29) is 18.4 Å². The molecule has 0 aromatic heterocycles. The highest BCUT2D eigenvalue weighted by Crippen LogP contribution is 2.24. The first-order chi connectivity index (χ1) is 9.49. The first-order valence-electron chi connectivity index (χ1n) is 6.78. The van der Waals surface area contributed by atoms with Gasteiger partial charge in [-0.25, -0.2) is 0 Å². The van der Waals surface area contributed by atoms with Crippen molar-refractivity contribution in [3.8, 4) is 0 Å². The van der Waals surface area contributed by atoms with Gasteiger partial charge in [-0.15, -0.1) is 0 Å². The Hall–Kier alpha value is -1.36. The number of carboxylic acid groups (broad SMARTS) is 1. The van der Waals surface area contributed by atoms with Crippen LogP contribution in [-0.2, 0) is 4.79 Å². The Morgan fingerprint density at radius 1 is 1.40 bits per heavy atom. The molecule has 20 heavy (non-hydrogen) atoms. The van der Waals surface area contributed by atoms with Crippen LogP contribution in [0.3, 0.4) is 0 Å². The summed E-state index contributed by atoms with van der Waals surface area (Å²) >= 11 is 3.43. The molecule has 1 saturated heterocycles. The van der Waals surface area contributed by atoms with Crippen LogP contribution < -0.4 is 0 Å². The first-order valence-corrected chi connectivity index (χ1v) is 7.57. The number of carboxylic acids is 1. The predicted molar refractivity (Wildman–Crippen MR) is 79.8 cm³/mol. The van der Waals surface area contributed by atoms with E-state index in [1.165, 1.54) is 0 Å². The Labute approximate surface area is 126 Å². The van der Waals surface area contributed by atoms with Gasteiger partial charge < -0.3 is 10.0 Å². The van der Waals surface area contributed by atoms with Crippen molar-refractivity contribution in [3.05, 3.63) is 33.8 Å². The number of amides is 1. The third-order valence-electron chi connectivity index (χ3n) is 3.72. The van der Waals surface area contributed by atoms with E-state index in [0.717, 1.165) is 29.3 Å². The molecule has 1 atom stereocenters. The van der Waals surface area contributed by atoms with Gasteiger partial charge in [0.2, 0.25) is 0 Å². The fraction of sp³-hybridized carbons (Fsp3) is 0.467. The first kappa shape index (κ1) is 15.0. The summed E-state index contributed by atoms with van der Waals surface area (Å²) < 4.78 is 0.898. The van der Waals surface area contributed by atoms with E-state index < -0.39 is 5.97 Å². The van der Waals surface area contributed by atoms with Crippen LogP contribution in [-0.4, -0.2) is 34.5 Å². The number of hydrogen-bond donors (Lipinski definition) is 1. The molecule has 1 aromatic carbocycles. The van der Waals surface area contributed by atoms with Crippen LogP contribution in [0.2, 0.25) is 0 Å². The van der Waals surface area contributed by atoms with E-state index in [9.17, 15) is 9.59 Å². The van der Waals surface area contributed by atoms with Gasteiger partial charge in [-0.05, 0) is 43.9 Å². The van der Waals surface area contributed by atoms with Crippen molar-refractivity contribution in [2.45, 2.75) is 38.6 Å². The number of aliphatic carboxylic acids is 1. The number of halogens is 1. The molecule has 1 N–H and O–H groups in total. The molecule has 2 rings (SSSR count). The standard InChI is InChI=1S/C15H18BrNO3/c1-10-5-6-11(8-13(10)16)15(20)17-7-3-2-4-12(17)9-14(18)19/h5-6,8,12H,2-4,7,9H2,1H3,(H,18,19). The Kier molecular flexibility index (Phi) is 4.81. The quantitative estimate of drug-likeness (QED) is 0.919. The highest BCUT2D eigenvalue weighted by molar-refractivity contribution is 9.10. The normalized spacial score (nSPS) is 18.9. The third-order valence-corrected chi connectivity index (χ3v) is 4.57. The van der Waals surface area contributed by atoms with Gasteiger partial charge in [0.15, 0.2) is 0 Å². The average molecular weight is 340 g/mol. The maximum atomic E-state index is 12.6. The second kappa shape index (κ2) is 6.39. The molecule has 1 heterocycles. The topological polar surface area (TPSA) is 57.6 Å². The van der Waals surface area contributed by atoms with Gasteiger partial charge in [0.05, 0.1) is 6.42 Å². The molecule has 5 heteroatoms. The molecule has 1 unspecified atom stereocenters. The highest BCUT2D eigenvalue weighted by atomic mass is 79.9. The molecule has 108 valence electrons. The maximum Gasteiger partial charge on any atom is 0.305 e. The summed E-state index contributed by atoms with van der Waals surface area (Å²) in [5.74, 6) is -0.920. The summed E-state index contributed by atoms with van der Waals surface area (Å²) in [6.45, 7) is 2.61. The number of piperidine rings is 1. The Bertz CT molecular complexity index is 530. The number of rotatable bonds is 3. The molecule has 0 spiro atoms. The van der Waals surface area contributed by atoms with Gasteiger partial charge in [-0.3, -0.25) is 9.59 Å². The van der Waals surface area contributed by atoms with Gasteiger partial charge >= 0.3 is 5.97 Å². The molecule has 1 aromatic rings. The van der Waals surface area contributed by atoms with Crippen molar-refractivity contribution in [3.63, 3.8) is 0 Å². The number of likely N-dealkylation sites (tertiary alicyclic amines) is 1. The predicted octanol–water partition coefficient (Wildman–Crippen LogP) is 3.23. The van der Waals surface area contributed by atoms with Crippen LogP contribution in [0.25, 0.3) is 0 Å². The largest absolute Gasteiger partial charge is 0.481 e. The average Bonchev–Trinajstić information content (AvgIpc) is 2.41. The maximum absolute atomic E-state index is 12.6. The smallest absolute Gasteiger partial charge is 0.305 e. The second-order valence-electron chi connectivity index (χ2n) is 5.21. The van der Waals surface area contributed by atoms with Crippen molar-refractivity contribution in [1.82, 2.24) is 4.90 Å². The summed E-state index contributed by atoms with van der Waals surface area (Å²) in [6, 6.07) is 5.32. The molecule has 0 radical (unpaired) electrons. The number of aryl methyl sites for hydroxylation is 1. The number of carbonyl (C=O) groups excluding carboxylic acids is 1. The molecule has 4 nitrogen and oxygen atoms in total. The summed E-state index contributed by atoms with van der Waals surface area (Å²) in [5, 5.41) is 8.97. The molecular weight excluding hydrogens is 322 g/mol. The fourth-order valence-electron chi connectivity index (χ4n) is 2.57. The van der Waals surface area contributed by atoms with Gasteiger partial charge in [0.1, 0.15) is 0 Å². The van der Waals surface area contributed by atoms with Crippen molar-refractivity contribution in [2.75, 3.05) is 6.54 Å². The molecule has 1 amide bonds. The van der Waals surface area contributed by atoms with E-state index in [0.29, 0.717) is 12.1 Å². The van der Waals surface area contributed by atoms with Crippen molar-refractivity contribution in [1.29, 1.82) is 0 Å². The zero-order chi connectivity index (χ0) is 14.7. The SMILES string of the molecule is Cc1ccc(C(=O)N2CCCCC2CC(=O)O)cc1Br. The Morgan fingerprint density at radius 2 is 2.15 bits per heavy atom. The third kappa shape index (κ3) is 3.39. The molecular formula is C15H18BrNO3. The summed E-state index contributed by atoms with van der Waals surface area (Å²) in [4.78, 5) is 25.2. The molecule has 1 aliphatic heterocycles. The number of hydrogen-bond acceptors (Lipinski definition) is 2. The molecule has 0 saturated carbocycles. The number of benzene rings is 1. The lowest BCUT2D eigenvalue weighted by molar-refractivity contribution is -0.138. The zero-order valence-corrected chi connectivity index (χ0v) is 13.0. The number of carbonyl (C=O) groups is 2. The fourth-order valence-corrected chi connectivity index (χ4v) is 2.95. The van der Waals surface area contributed by atoms with E-state index in [1.54, 1.807) is 11.0 Å².